The maximum absolute atomic E-state index is 13.3. The van der Waals surface area contributed by atoms with E-state index in [1.54, 1.807) is 41.9 Å². The van der Waals surface area contributed by atoms with Gasteiger partial charge in [-0.25, -0.2) is 5.10 Å². The Balaban J connectivity index is 1.59. The van der Waals surface area contributed by atoms with Crippen molar-refractivity contribution >= 4 is 22.5 Å². The molecule has 2 heterocycles. The van der Waals surface area contributed by atoms with Gasteiger partial charge in [0, 0.05) is 18.0 Å². The highest BCUT2D eigenvalue weighted by molar-refractivity contribution is 6.08. The van der Waals surface area contributed by atoms with Crippen molar-refractivity contribution in [3.05, 3.63) is 53.7 Å². The molecule has 35 heavy (non-hydrogen) atoms. The number of hydrogen-bond acceptors (Lipinski definition) is 8. The Hall–Kier alpha value is -4.27. The second-order valence-electron chi connectivity index (χ2n) is 8.21. The maximum atomic E-state index is 13.3. The monoisotopic (exact) mass is 475 g/mol. The van der Waals surface area contributed by atoms with Crippen LogP contribution in [0.25, 0.3) is 22.3 Å². The maximum Gasteiger partial charge on any atom is 0.272 e. The highest BCUT2D eigenvalue weighted by Crippen LogP contribution is 2.30. The minimum atomic E-state index is -0.781. The fourth-order valence-electron chi connectivity index (χ4n) is 3.63. The topological polar surface area (TPSA) is 151 Å². The van der Waals surface area contributed by atoms with E-state index < -0.39 is 6.10 Å². The number of ether oxygens (including phenoxy) is 2. The fraction of sp³-hybridized carbons (Fsp3) is 0.292. The molecule has 0 spiro atoms. The largest absolute Gasteiger partial charge is 0.489 e. The van der Waals surface area contributed by atoms with E-state index in [4.69, 9.17) is 9.47 Å². The van der Waals surface area contributed by atoms with Crippen LogP contribution in [-0.2, 0) is 11.8 Å². The molecule has 11 nitrogen and oxygen atoms in total. The van der Waals surface area contributed by atoms with E-state index in [9.17, 15) is 15.2 Å². The zero-order chi connectivity index (χ0) is 24.9. The molecule has 1 amide bonds. The van der Waals surface area contributed by atoms with E-state index in [-0.39, 0.29) is 25.2 Å². The number of carbonyl (C=O) groups is 1. The van der Waals surface area contributed by atoms with Crippen LogP contribution in [0.15, 0.2) is 42.5 Å². The van der Waals surface area contributed by atoms with Crippen molar-refractivity contribution in [2.45, 2.75) is 26.1 Å². The summed E-state index contributed by atoms with van der Waals surface area (Å²) >= 11 is 0. The first-order chi connectivity index (χ1) is 16.9. The molecular formula is C24H25N7O4. The Kier molecular flexibility index (Phi) is 7.05. The summed E-state index contributed by atoms with van der Waals surface area (Å²) in [5.74, 6) is 0.503. The van der Waals surface area contributed by atoms with E-state index in [1.807, 2.05) is 26.0 Å². The molecule has 0 saturated heterocycles. The van der Waals surface area contributed by atoms with Gasteiger partial charge in [0.05, 0.1) is 35.5 Å². The highest BCUT2D eigenvalue weighted by atomic mass is 16.5. The molecule has 2 aromatic heterocycles. The van der Waals surface area contributed by atoms with Crippen LogP contribution in [-0.4, -0.2) is 61.6 Å². The molecule has 4 aromatic rings. The number of carbonyl (C=O) groups excluding carboxylic acids is 1. The van der Waals surface area contributed by atoms with E-state index >= 15 is 0 Å². The van der Waals surface area contributed by atoms with Crippen molar-refractivity contribution in [3.8, 4) is 23.2 Å². The van der Waals surface area contributed by atoms with Gasteiger partial charge in [0.2, 0.25) is 0 Å². The lowest BCUT2D eigenvalue weighted by molar-refractivity contribution is -0.0121. The minimum Gasteiger partial charge on any atom is -0.489 e. The second-order valence-corrected chi connectivity index (χ2v) is 8.21. The number of aromatic amines is 1. The average Bonchev–Trinajstić information content (AvgIpc) is 3.50. The van der Waals surface area contributed by atoms with Gasteiger partial charge in [-0.2, -0.15) is 5.26 Å². The summed E-state index contributed by atoms with van der Waals surface area (Å²) in [6, 6.07) is 14.1. The smallest absolute Gasteiger partial charge is 0.272 e. The van der Waals surface area contributed by atoms with Crippen molar-refractivity contribution in [3.63, 3.8) is 0 Å². The summed E-state index contributed by atoms with van der Waals surface area (Å²) in [6.07, 6.45) is -0.768. The Morgan fingerprint density at radius 1 is 1.26 bits per heavy atom. The van der Waals surface area contributed by atoms with Crippen LogP contribution in [0.2, 0.25) is 0 Å². The number of aliphatic hydroxyl groups excluding tert-OH is 1. The van der Waals surface area contributed by atoms with Gasteiger partial charge < -0.3 is 24.5 Å². The molecule has 0 aliphatic heterocycles. The van der Waals surface area contributed by atoms with Gasteiger partial charge in [0.25, 0.3) is 5.91 Å². The lowest BCUT2D eigenvalue weighted by atomic mass is 10.1. The minimum absolute atomic E-state index is 0.0129. The van der Waals surface area contributed by atoms with Crippen LogP contribution in [0.5, 0.6) is 5.75 Å². The van der Waals surface area contributed by atoms with Gasteiger partial charge in [-0.1, -0.05) is 12.1 Å². The van der Waals surface area contributed by atoms with Gasteiger partial charge >= 0.3 is 0 Å². The summed E-state index contributed by atoms with van der Waals surface area (Å²) in [6.45, 7) is 4.02. The van der Waals surface area contributed by atoms with Crippen LogP contribution >= 0.6 is 0 Å². The van der Waals surface area contributed by atoms with Crippen LogP contribution < -0.4 is 10.1 Å². The number of fused-ring (bicyclic) bond motifs is 1. The third-order valence-corrected chi connectivity index (χ3v) is 5.30. The van der Waals surface area contributed by atoms with Crippen molar-refractivity contribution < 1.29 is 19.4 Å². The number of amides is 1. The number of anilines is 1. The molecule has 180 valence electrons. The third kappa shape index (κ3) is 5.29. The van der Waals surface area contributed by atoms with Gasteiger partial charge in [0.15, 0.2) is 5.82 Å². The number of benzene rings is 2. The molecule has 0 saturated carbocycles. The van der Waals surface area contributed by atoms with E-state index in [1.165, 1.54) is 0 Å². The first-order valence-corrected chi connectivity index (χ1v) is 11.0. The number of rotatable bonds is 9. The number of tetrazole rings is 1. The zero-order valence-electron chi connectivity index (χ0n) is 19.5. The number of hydrogen-bond donors (Lipinski definition) is 3. The summed E-state index contributed by atoms with van der Waals surface area (Å²) in [5.41, 5.74) is 2.45. The lowest BCUT2D eigenvalue weighted by Crippen LogP contribution is -2.25. The quantitative estimate of drug-likeness (QED) is 0.334. The van der Waals surface area contributed by atoms with E-state index in [0.29, 0.717) is 39.6 Å². The molecule has 1 unspecified atom stereocenters. The van der Waals surface area contributed by atoms with Crippen molar-refractivity contribution in [2.75, 3.05) is 18.5 Å². The molecule has 0 fully saturated rings. The Bertz CT molecular complexity index is 1370. The van der Waals surface area contributed by atoms with E-state index in [0.717, 1.165) is 5.39 Å². The molecule has 11 heteroatoms. The summed E-state index contributed by atoms with van der Waals surface area (Å²) in [7, 11) is 1.77. The highest BCUT2D eigenvalue weighted by Gasteiger charge is 2.19. The van der Waals surface area contributed by atoms with Crippen molar-refractivity contribution in [1.82, 2.24) is 25.2 Å². The van der Waals surface area contributed by atoms with Crippen LogP contribution in [0, 0.1) is 11.3 Å². The Morgan fingerprint density at radius 2 is 2.09 bits per heavy atom. The Labute approximate surface area is 201 Å². The fourth-order valence-corrected chi connectivity index (χ4v) is 3.63. The zero-order valence-corrected chi connectivity index (χ0v) is 19.5. The molecule has 1 atom stereocenters. The molecular weight excluding hydrogens is 450 g/mol. The van der Waals surface area contributed by atoms with Crippen molar-refractivity contribution in [2.24, 2.45) is 7.05 Å². The number of nitriles is 1. The SMILES string of the molecule is CC(C)OCC(O)COc1cccc2cc(C(=O)Nc3ccc(C#N)cc3-c3nnn[nH]3)n(C)c12. The number of aryl methyl sites for hydroxylation is 1. The standard InChI is InChI=1S/C24H25N7O4/c1-14(2)34-12-17(32)13-35-21-6-4-5-16-10-20(31(3)22(16)21)24(33)26-19-8-7-15(11-25)9-18(19)23-27-29-30-28-23/h4-10,14,17,32H,12-13H2,1-3H3,(H,26,33)(H,27,28,29,30). The van der Waals surface area contributed by atoms with Crippen molar-refractivity contribution in [1.29, 1.82) is 5.26 Å². The lowest BCUT2D eigenvalue weighted by Gasteiger charge is -2.15. The summed E-state index contributed by atoms with van der Waals surface area (Å²) < 4.78 is 13.0. The van der Waals surface area contributed by atoms with Gasteiger partial charge in [0.1, 0.15) is 24.2 Å². The second kappa shape index (κ2) is 10.3. The number of aliphatic hydroxyl groups is 1. The van der Waals surface area contributed by atoms with Crippen LogP contribution in [0.1, 0.15) is 29.9 Å². The van der Waals surface area contributed by atoms with Gasteiger partial charge in [-0.15, -0.1) is 5.10 Å². The molecule has 4 rings (SSSR count). The first kappa shape index (κ1) is 23.9. The van der Waals surface area contributed by atoms with Gasteiger partial charge in [-0.05, 0) is 54.6 Å². The average molecular weight is 476 g/mol. The Morgan fingerprint density at radius 3 is 2.80 bits per heavy atom. The van der Waals surface area contributed by atoms with Crippen LogP contribution in [0.3, 0.4) is 0 Å². The third-order valence-electron chi connectivity index (χ3n) is 5.30. The molecule has 0 radical (unpaired) electrons. The van der Waals surface area contributed by atoms with Crippen LogP contribution in [0.4, 0.5) is 5.69 Å². The molecule has 0 aliphatic rings. The predicted octanol–water partition coefficient (Wildman–Crippen LogP) is 2.65. The van der Waals surface area contributed by atoms with Gasteiger partial charge in [-0.3, -0.25) is 4.79 Å². The predicted molar refractivity (Wildman–Crippen MR) is 128 cm³/mol. The molecule has 0 aliphatic carbocycles. The molecule has 0 bridgehead atoms. The number of nitrogens with one attached hydrogen (secondary N) is 2. The summed E-state index contributed by atoms with van der Waals surface area (Å²) in [5, 5.41) is 36.8. The molecule has 3 N–H and O–H groups in total. The normalized spacial score (nSPS) is 12.0. The number of aromatic nitrogens is 5. The van der Waals surface area contributed by atoms with E-state index in [2.05, 4.69) is 32.0 Å². The first-order valence-electron chi connectivity index (χ1n) is 11.0. The number of nitrogens with zero attached hydrogens (tertiary/aromatic N) is 5. The number of para-hydroxylation sites is 1. The molecule has 2 aromatic carbocycles. The number of H-pyrrole nitrogens is 1. The summed E-state index contributed by atoms with van der Waals surface area (Å²) in [4.78, 5) is 13.3.